The first kappa shape index (κ1) is 17.7. The Hall–Kier alpha value is -1.08. The number of rotatable bonds is 7. The molecule has 24 heavy (non-hydrogen) atoms. The zero-order chi connectivity index (χ0) is 17.0. The Morgan fingerprint density at radius 2 is 1.96 bits per heavy atom. The van der Waals surface area contributed by atoms with Gasteiger partial charge in [0.2, 0.25) is 0 Å². The van der Waals surface area contributed by atoms with Crippen molar-refractivity contribution in [3.63, 3.8) is 0 Å². The summed E-state index contributed by atoms with van der Waals surface area (Å²) in [6.07, 6.45) is 13.3. The molecule has 132 valence electrons. The van der Waals surface area contributed by atoms with E-state index in [0.29, 0.717) is 0 Å². The van der Waals surface area contributed by atoms with E-state index in [0.717, 1.165) is 12.5 Å². The number of hydrogen-bond acceptors (Lipinski definition) is 1. The van der Waals surface area contributed by atoms with Crippen molar-refractivity contribution >= 4 is 0 Å². The van der Waals surface area contributed by atoms with E-state index in [9.17, 15) is 0 Å². The molecule has 2 unspecified atom stereocenters. The Bertz CT molecular complexity index is 573. The number of benzene rings is 1. The Balaban J connectivity index is 2.12. The molecular formula is C23H35N. The molecule has 1 heteroatoms. The predicted molar refractivity (Wildman–Crippen MR) is 104 cm³/mol. The predicted octanol–water partition coefficient (Wildman–Crippen LogP) is 6.09. The van der Waals surface area contributed by atoms with Gasteiger partial charge in [-0.15, -0.1) is 0 Å². The second-order valence-electron chi connectivity index (χ2n) is 8.05. The molecule has 0 saturated heterocycles. The summed E-state index contributed by atoms with van der Waals surface area (Å²) in [5, 5.41) is 0. The van der Waals surface area contributed by atoms with Gasteiger partial charge in [-0.05, 0) is 56.2 Å². The van der Waals surface area contributed by atoms with Crippen LogP contribution in [0.1, 0.15) is 76.3 Å². The van der Waals surface area contributed by atoms with Crippen LogP contribution in [0.25, 0.3) is 0 Å². The van der Waals surface area contributed by atoms with Crippen molar-refractivity contribution in [1.82, 2.24) is 4.90 Å². The quantitative estimate of drug-likeness (QED) is 0.549. The van der Waals surface area contributed by atoms with Crippen LogP contribution in [0.15, 0.2) is 35.9 Å². The lowest BCUT2D eigenvalue weighted by atomic mass is 9.60. The van der Waals surface area contributed by atoms with E-state index in [4.69, 9.17) is 0 Å². The average molecular weight is 326 g/mol. The highest BCUT2D eigenvalue weighted by Crippen LogP contribution is 2.50. The number of allylic oxidation sites excluding steroid dienone is 1. The normalized spacial score (nSPS) is 25.4. The van der Waals surface area contributed by atoms with Crippen molar-refractivity contribution in [3.8, 4) is 0 Å². The van der Waals surface area contributed by atoms with Gasteiger partial charge in [0.15, 0.2) is 0 Å². The number of nitrogens with zero attached hydrogens (tertiary/aromatic N) is 1. The first-order valence-corrected chi connectivity index (χ1v) is 10.2. The minimum Gasteiger partial charge on any atom is -0.301 e. The number of fused-ring (bicyclic) bond motifs is 1. The van der Waals surface area contributed by atoms with Gasteiger partial charge in [-0.1, -0.05) is 69.0 Å². The molecule has 2 atom stereocenters. The van der Waals surface area contributed by atoms with E-state index in [2.05, 4.69) is 56.1 Å². The minimum atomic E-state index is 0.269. The molecule has 0 aromatic heterocycles. The van der Waals surface area contributed by atoms with Crippen molar-refractivity contribution in [2.45, 2.75) is 77.2 Å². The van der Waals surface area contributed by atoms with Crippen molar-refractivity contribution in [2.75, 3.05) is 13.6 Å². The van der Waals surface area contributed by atoms with Crippen molar-refractivity contribution in [1.29, 1.82) is 0 Å². The van der Waals surface area contributed by atoms with E-state index < -0.39 is 0 Å². The fourth-order valence-electron chi connectivity index (χ4n) is 5.35. The third-order valence-electron chi connectivity index (χ3n) is 6.31. The Morgan fingerprint density at radius 1 is 1.12 bits per heavy atom. The van der Waals surface area contributed by atoms with Gasteiger partial charge >= 0.3 is 0 Å². The second kappa shape index (κ2) is 7.87. The molecule has 1 nitrogen and oxygen atoms in total. The molecule has 0 saturated carbocycles. The van der Waals surface area contributed by atoms with Crippen LogP contribution in [0.3, 0.4) is 0 Å². The average Bonchev–Trinajstić information content (AvgIpc) is 3.12. The van der Waals surface area contributed by atoms with E-state index >= 15 is 0 Å². The fraction of sp³-hybridized carbons (Fsp3) is 0.652. The Labute approximate surface area is 149 Å². The van der Waals surface area contributed by atoms with Crippen LogP contribution in [0.5, 0.6) is 0 Å². The zero-order valence-electron chi connectivity index (χ0n) is 16.0. The highest BCUT2D eigenvalue weighted by atomic mass is 15.1. The van der Waals surface area contributed by atoms with Crippen molar-refractivity contribution in [3.05, 3.63) is 47.0 Å². The smallest absolute Gasteiger partial charge is 0.0320 e. The third kappa shape index (κ3) is 3.20. The van der Waals surface area contributed by atoms with Crippen molar-refractivity contribution < 1.29 is 0 Å². The molecule has 1 heterocycles. The lowest BCUT2D eigenvalue weighted by molar-refractivity contribution is 0.160. The summed E-state index contributed by atoms with van der Waals surface area (Å²) in [5.74, 6) is 0.788. The number of unbranched alkanes of at least 4 members (excludes halogenated alkanes) is 1. The maximum atomic E-state index is 2.60. The summed E-state index contributed by atoms with van der Waals surface area (Å²) in [6.45, 7) is 7.03. The van der Waals surface area contributed by atoms with E-state index in [1.54, 1.807) is 16.7 Å². The van der Waals surface area contributed by atoms with Crippen LogP contribution in [0.2, 0.25) is 0 Å². The molecule has 1 aromatic carbocycles. The number of likely N-dealkylation sites (N-methyl/N-ethyl adjacent to an activating group) is 1. The van der Waals surface area contributed by atoms with Crippen molar-refractivity contribution in [2.24, 2.45) is 5.92 Å². The Kier molecular flexibility index (Phi) is 5.81. The molecule has 3 rings (SSSR count). The molecule has 1 aliphatic carbocycles. The fourth-order valence-corrected chi connectivity index (χ4v) is 5.35. The highest BCUT2D eigenvalue weighted by Gasteiger charge is 2.46. The minimum absolute atomic E-state index is 0.269. The first-order chi connectivity index (χ1) is 11.7. The third-order valence-corrected chi connectivity index (χ3v) is 6.31. The molecule has 1 aliphatic heterocycles. The summed E-state index contributed by atoms with van der Waals surface area (Å²) in [4.78, 5) is 2.58. The largest absolute Gasteiger partial charge is 0.301 e. The maximum absolute atomic E-state index is 2.60. The van der Waals surface area contributed by atoms with Crippen LogP contribution in [0, 0.1) is 5.92 Å². The van der Waals surface area contributed by atoms with Crippen LogP contribution >= 0.6 is 0 Å². The summed E-state index contributed by atoms with van der Waals surface area (Å²) in [7, 11) is 2.32. The van der Waals surface area contributed by atoms with Crippen LogP contribution in [0.4, 0.5) is 0 Å². The van der Waals surface area contributed by atoms with Crippen LogP contribution in [-0.4, -0.2) is 18.5 Å². The Morgan fingerprint density at radius 3 is 2.67 bits per heavy atom. The van der Waals surface area contributed by atoms with E-state index in [1.807, 2.05) is 0 Å². The molecule has 2 aliphatic rings. The van der Waals surface area contributed by atoms with Gasteiger partial charge in [-0.2, -0.15) is 0 Å². The summed E-state index contributed by atoms with van der Waals surface area (Å²) in [5.41, 5.74) is 5.25. The molecule has 0 fully saturated rings. The summed E-state index contributed by atoms with van der Waals surface area (Å²) in [6, 6.07) is 9.33. The van der Waals surface area contributed by atoms with Gasteiger partial charge in [0.25, 0.3) is 0 Å². The van der Waals surface area contributed by atoms with Crippen LogP contribution < -0.4 is 0 Å². The second-order valence-corrected chi connectivity index (χ2v) is 8.05. The van der Waals surface area contributed by atoms with E-state index in [1.165, 1.54) is 57.9 Å². The molecule has 0 amide bonds. The van der Waals surface area contributed by atoms with Gasteiger partial charge in [0.05, 0.1) is 0 Å². The topological polar surface area (TPSA) is 3.24 Å². The maximum Gasteiger partial charge on any atom is 0.0320 e. The standard InChI is InChI=1S/C23H35N/c1-4-6-13-20(11-5-2)23(21-14-8-9-15-21)18-24(3)17-19-12-7-10-16-22(19)23/h7,10,12,14,16,20H,4-6,8-9,11,13,15,17-18H2,1-3H3. The molecule has 0 radical (unpaired) electrons. The molecule has 0 spiro atoms. The molecule has 0 N–H and O–H groups in total. The SMILES string of the molecule is CCCCC(CCC)C1(C2=CCCC2)CN(C)Cc2ccccc21. The zero-order valence-corrected chi connectivity index (χ0v) is 16.0. The molecular weight excluding hydrogens is 290 g/mol. The van der Waals surface area contributed by atoms with E-state index in [-0.39, 0.29) is 5.41 Å². The van der Waals surface area contributed by atoms with Gasteiger partial charge in [-0.25, -0.2) is 0 Å². The lowest BCUT2D eigenvalue weighted by Crippen LogP contribution is -2.50. The van der Waals surface area contributed by atoms with Crippen LogP contribution in [-0.2, 0) is 12.0 Å². The molecule has 1 aromatic rings. The highest BCUT2D eigenvalue weighted by molar-refractivity contribution is 5.46. The lowest BCUT2D eigenvalue weighted by Gasteiger charge is -2.49. The summed E-state index contributed by atoms with van der Waals surface area (Å²) < 4.78 is 0. The van der Waals surface area contributed by atoms with Gasteiger partial charge in [-0.3, -0.25) is 0 Å². The number of hydrogen-bond donors (Lipinski definition) is 0. The van der Waals surface area contributed by atoms with Gasteiger partial charge in [0, 0.05) is 18.5 Å². The summed E-state index contributed by atoms with van der Waals surface area (Å²) >= 11 is 0. The first-order valence-electron chi connectivity index (χ1n) is 10.2. The van der Waals surface area contributed by atoms with Gasteiger partial charge in [0.1, 0.15) is 0 Å². The monoisotopic (exact) mass is 325 g/mol. The molecule has 0 bridgehead atoms. The van der Waals surface area contributed by atoms with Gasteiger partial charge < -0.3 is 4.90 Å².